The first-order valence-electron chi connectivity index (χ1n) is 16.4. The van der Waals surface area contributed by atoms with E-state index in [2.05, 4.69) is 4.98 Å². The maximum Gasteiger partial charge on any atom is 0.340 e. The molecule has 2 aliphatic carbocycles. The highest BCUT2D eigenvalue weighted by Crippen LogP contribution is 2.69. The summed E-state index contributed by atoms with van der Waals surface area (Å²) in [6.07, 6.45) is -10.6. The molecule has 17 nitrogen and oxygen atoms in total. The Bertz CT molecular complexity index is 1630. The van der Waals surface area contributed by atoms with Gasteiger partial charge in [-0.2, -0.15) is 0 Å². The third-order valence-corrected chi connectivity index (χ3v) is 10.9. The van der Waals surface area contributed by atoms with Crippen LogP contribution in [-0.4, -0.2) is 123 Å². The van der Waals surface area contributed by atoms with Crippen LogP contribution in [0.5, 0.6) is 0 Å². The minimum absolute atomic E-state index is 0.00700. The van der Waals surface area contributed by atoms with Crippen LogP contribution in [0.3, 0.4) is 0 Å². The van der Waals surface area contributed by atoms with Crippen LogP contribution in [0.25, 0.3) is 0 Å². The molecule has 3 heterocycles. The van der Waals surface area contributed by atoms with Crippen molar-refractivity contribution in [3.05, 3.63) is 29.6 Å². The average molecular weight is 722 g/mol. The highest BCUT2D eigenvalue weighted by molar-refractivity contribution is 5.91. The molecule has 0 radical (unpaired) electrons. The fraction of sp³-hybridized carbons (Fsp3) is 0.676. The Balaban J connectivity index is 1.91. The van der Waals surface area contributed by atoms with Crippen molar-refractivity contribution in [1.82, 2.24) is 4.98 Å². The minimum atomic E-state index is -2.74. The predicted octanol–water partition coefficient (Wildman–Crippen LogP) is -0.108. The third-order valence-electron chi connectivity index (χ3n) is 10.9. The van der Waals surface area contributed by atoms with Crippen LogP contribution in [-0.2, 0) is 57.1 Å². The zero-order valence-electron chi connectivity index (χ0n) is 29.4. The van der Waals surface area contributed by atoms with Gasteiger partial charge in [-0.15, -0.1) is 0 Å². The topological polar surface area (TPSA) is 241 Å². The lowest BCUT2D eigenvalue weighted by Crippen LogP contribution is -2.88. The van der Waals surface area contributed by atoms with Crippen LogP contribution in [0.1, 0.15) is 77.4 Å². The summed E-state index contributed by atoms with van der Waals surface area (Å²) in [6.45, 7) is 7.82. The number of nitrogens with zero attached hydrogens (tertiary/aromatic N) is 1. The summed E-state index contributed by atoms with van der Waals surface area (Å²) in [6, 6.07) is 2.92. The van der Waals surface area contributed by atoms with Crippen LogP contribution in [0.4, 0.5) is 0 Å². The number of ether oxygens (including phenoxy) is 7. The molecule has 1 aromatic heterocycles. The van der Waals surface area contributed by atoms with Gasteiger partial charge >= 0.3 is 35.8 Å². The van der Waals surface area contributed by atoms with Crippen molar-refractivity contribution >= 4 is 35.8 Å². The molecule has 0 amide bonds. The molecule has 3 N–H and O–H groups in total. The number of esters is 6. The number of rotatable bonds is 5. The number of hydrogen-bond acceptors (Lipinski definition) is 17. The van der Waals surface area contributed by atoms with Gasteiger partial charge in [-0.3, -0.25) is 29.0 Å². The number of carbonyl (C=O) groups is 6. The molecular weight excluding hydrogens is 678 g/mol. The Morgan fingerprint density at radius 1 is 0.922 bits per heavy atom. The molecule has 51 heavy (non-hydrogen) atoms. The van der Waals surface area contributed by atoms with Gasteiger partial charge in [0.1, 0.15) is 47.6 Å². The van der Waals surface area contributed by atoms with Crippen LogP contribution in [0.15, 0.2) is 18.3 Å². The number of hydrogen-bond donors (Lipinski definition) is 3. The summed E-state index contributed by atoms with van der Waals surface area (Å²) in [5.74, 6) is -9.35. The Morgan fingerprint density at radius 2 is 1.53 bits per heavy atom. The van der Waals surface area contributed by atoms with Gasteiger partial charge in [0.25, 0.3) is 0 Å². The summed E-state index contributed by atoms with van der Waals surface area (Å²) >= 11 is 0. The lowest BCUT2D eigenvalue weighted by Gasteiger charge is -2.67. The standard InChI is InChI=1S/C34H43NO16/c1-14-15(2)29(42)50-27-24(47-17(4)37)28(49-19(6)39)33(13-45-16(3)36)26(48-18(5)38)23(40)21-25(41)34(33,32(27,8)44)51-31(21,7)12-46-30(43)20-10-9-11-35-22(14)20/h9-11,14-15,21,23-28,40-41,44H,12-13H2,1-8H3/t14-,15+,21+,23-,24-,25+,26-,27-,28+,31-,32-,33+,34-/m0/s1. The molecule has 17 heteroatoms. The fourth-order valence-electron chi connectivity index (χ4n) is 8.67. The number of aliphatic hydroxyl groups excluding tert-OH is 2. The van der Waals surface area contributed by atoms with Gasteiger partial charge in [-0.05, 0) is 26.0 Å². The van der Waals surface area contributed by atoms with E-state index in [1.54, 1.807) is 6.92 Å². The molecular formula is C34H43NO16. The molecule has 0 aromatic carbocycles. The van der Waals surface area contributed by atoms with Crippen LogP contribution in [0.2, 0.25) is 0 Å². The van der Waals surface area contributed by atoms with Gasteiger partial charge in [-0.1, -0.05) is 13.8 Å². The molecule has 4 bridgehead atoms. The van der Waals surface area contributed by atoms with E-state index in [1.165, 1.54) is 32.2 Å². The van der Waals surface area contributed by atoms with E-state index in [0.717, 1.165) is 34.6 Å². The average Bonchev–Trinajstić information content (AvgIpc) is 3.25. The van der Waals surface area contributed by atoms with Gasteiger partial charge in [0.15, 0.2) is 18.3 Å². The van der Waals surface area contributed by atoms with E-state index >= 15 is 0 Å². The molecule has 3 fully saturated rings. The lowest BCUT2D eigenvalue weighted by molar-refractivity contribution is -0.386. The van der Waals surface area contributed by atoms with Gasteiger partial charge in [0.2, 0.25) is 0 Å². The minimum Gasteiger partial charge on any atom is -0.465 e. The SMILES string of the molecule is CC(=O)OC[C@@]12[C@H](OC(C)=O)[C@@H](OC(C)=O)[C@@H]3OC(=O)[C@H](C)[C@H](C)c4ncccc4C(=O)OC[C@]4(C)O[C@@]1([C@H](O)[C@H]4[C@H](O)[C@@H]2OC(C)=O)[C@@]3(C)O. The molecule has 2 aliphatic heterocycles. The smallest absolute Gasteiger partial charge is 0.340 e. The largest absolute Gasteiger partial charge is 0.465 e. The van der Waals surface area contributed by atoms with E-state index in [4.69, 9.17) is 33.2 Å². The van der Waals surface area contributed by atoms with Gasteiger partial charge in [0, 0.05) is 45.7 Å². The van der Waals surface area contributed by atoms with Crippen LogP contribution >= 0.6 is 0 Å². The molecule has 0 unspecified atom stereocenters. The Labute approximate surface area is 292 Å². The predicted molar refractivity (Wildman–Crippen MR) is 166 cm³/mol. The monoisotopic (exact) mass is 721 g/mol. The number of cyclic esters (lactones) is 1. The van der Waals surface area contributed by atoms with Crippen molar-refractivity contribution < 1.29 is 77.2 Å². The quantitative estimate of drug-likeness (QED) is 0.265. The number of carbonyl (C=O) groups excluding carboxylic acids is 6. The summed E-state index contributed by atoms with van der Waals surface area (Å²) < 4.78 is 41.1. The number of aromatic nitrogens is 1. The van der Waals surface area contributed by atoms with Crippen LogP contribution in [0, 0.1) is 17.3 Å². The molecule has 280 valence electrons. The zero-order chi connectivity index (χ0) is 38.0. The van der Waals surface area contributed by atoms with E-state index in [1.807, 2.05) is 0 Å². The van der Waals surface area contributed by atoms with Gasteiger partial charge < -0.3 is 48.5 Å². The summed E-state index contributed by atoms with van der Waals surface area (Å²) in [7, 11) is 0. The van der Waals surface area contributed by atoms with Crippen molar-refractivity contribution in [2.45, 2.75) is 115 Å². The number of fused-ring (bicyclic) bond motifs is 5. The lowest BCUT2D eigenvalue weighted by atomic mass is 9.45. The van der Waals surface area contributed by atoms with Crippen molar-refractivity contribution in [3.63, 3.8) is 0 Å². The molecule has 4 aliphatic rings. The molecule has 1 saturated heterocycles. The highest BCUT2D eigenvalue weighted by Gasteiger charge is 2.90. The first-order chi connectivity index (χ1) is 23.7. The second kappa shape index (κ2) is 13.1. The van der Waals surface area contributed by atoms with Crippen molar-refractivity contribution in [1.29, 1.82) is 0 Å². The molecule has 1 aromatic rings. The summed E-state index contributed by atoms with van der Waals surface area (Å²) in [4.78, 5) is 83.0. The molecule has 5 rings (SSSR count). The van der Waals surface area contributed by atoms with Crippen LogP contribution < -0.4 is 0 Å². The van der Waals surface area contributed by atoms with Crippen molar-refractivity contribution in [2.75, 3.05) is 13.2 Å². The van der Waals surface area contributed by atoms with Crippen molar-refractivity contribution in [2.24, 2.45) is 17.3 Å². The van der Waals surface area contributed by atoms with E-state index < -0.39 is 126 Å². The summed E-state index contributed by atoms with van der Waals surface area (Å²) in [5, 5.41) is 37.6. The first kappa shape index (κ1) is 38.1. The second-order valence-corrected chi connectivity index (χ2v) is 14.2. The molecule has 13 atom stereocenters. The number of pyridine rings is 1. The van der Waals surface area contributed by atoms with Gasteiger partial charge in [-0.25, -0.2) is 4.79 Å². The maximum absolute atomic E-state index is 14.1. The zero-order valence-corrected chi connectivity index (χ0v) is 29.4. The summed E-state index contributed by atoms with van der Waals surface area (Å²) in [5.41, 5.74) is -9.73. The Morgan fingerprint density at radius 3 is 2.12 bits per heavy atom. The van der Waals surface area contributed by atoms with Gasteiger partial charge in [0.05, 0.1) is 23.3 Å². The maximum atomic E-state index is 14.1. The van der Waals surface area contributed by atoms with Crippen molar-refractivity contribution in [3.8, 4) is 0 Å². The molecule has 1 spiro atoms. The Hall–Kier alpha value is -4.19. The number of aliphatic hydroxyl groups is 3. The first-order valence-corrected chi connectivity index (χ1v) is 16.4. The molecule has 2 saturated carbocycles. The van der Waals surface area contributed by atoms with E-state index in [-0.39, 0.29) is 11.3 Å². The normalized spacial score (nSPS) is 41.6. The van der Waals surface area contributed by atoms with E-state index in [0.29, 0.717) is 0 Å². The third kappa shape index (κ3) is 5.64. The van der Waals surface area contributed by atoms with E-state index in [9.17, 15) is 44.1 Å². The Kier molecular flexibility index (Phi) is 9.77. The second-order valence-electron chi connectivity index (χ2n) is 14.2. The fourth-order valence-corrected chi connectivity index (χ4v) is 8.67. The highest BCUT2D eigenvalue weighted by atomic mass is 16.7.